The molecule has 0 aliphatic carbocycles. The number of hydrogen-bond acceptors (Lipinski definition) is 4. The number of nitrogens with two attached hydrogens (primary N) is 1. The van der Waals surface area contributed by atoms with Gasteiger partial charge >= 0.3 is 12.1 Å². The first kappa shape index (κ1) is 13.6. The van der Waals surface area contributed by atoms with Crippen molar-refractivity contribution in [1.29, 1.82) is 0 Å². The lowest BCUT2D eigenvalue weighted by atomic mass is 10.4. The van der Waals surface area contributed by atoms with Crippen LogP contribution in [0.25, 0.3) is 0 Å². The molecule has 0 fully saturated rings. The molecule has 0 bridgehead atoms. The quantitative estimate of drug-likeness (QED) is 0.722. The minimum absolute atomic E-state index is 0.0850. The number of hydrogen-bond donors (Lipinski definition) is 1. The minimum atomic E-state index is -4.22. The van der Waals surface area contributed by atoms with Gasteiger partial charge in [0, 0.05) is 5.75 Å². The predicted molar refractivity (Wildman–Crippen MR) is 48.0 cm³/mol. The van der Waals surface area contributed by atoms with Gasteiger partial charge in [-0.05, 0) is 6.92 Å². The third-order valence-electron chi connectivity index (χ3n) is 1.15. The van der Waals surface area contributed by atoms with Gasteiger partial charge in [0.15, 0.2) is 0 Å². The lowest BCUT2D eigenvalue weighted by Gasteiger charge is -2.10. The van der Waals surface area contributed by atoms with Crippen molar-refractivity contribution in [1.82, 2.24) is 0 Å². The zero-order valence-electron chi connectivity index (χ0n) is 7.63. The molecule has 1 unspecified atom stereocenters. The van der Waals surface area contributed by atoms with E-state index < -0.39 is 23.9 Å². The van der Waals surface area contributed by atoms with Gasteiger partial charge in [0.05, 0.1) is 12.4 Å². The zero-order valence-corrected chi connectivity index (χ0v) is 8.45. The van der Waals surface area contributed by atoms with Gasteiger partial charge < -0.3 is 10.5 Å². The first-order valence-corrected chi connectivity index (χ1v) is 5.09. The highest BCUT2D eigenvalue weighted by Crippen LogP contribution is 2.21. The summed E-state index contributed by atoms with van der Waals surface area (Å²) in [5.74, 6) is -1.75. The van der Waals surface area contributed by atoms with E-state index >= 15 is 0 Å². The smallest absolute Gasteiger partial charge is 0.397 e. The fraction of sp³-hybridized carbons (Fsp3) is 0.857. The standard InChI is InChI=1S/C7H12F3NO2S/c1-2-13-6(12)5(11)3-14-4-7(8,9)10/h5H,2-4,11H2,1H3. The SMILES string of the molecule is CCOC(=O)C(N)CSCC(F)(F)F. The van der Waals surface area contributed by atoms with E-state index in [0.717, 1.165) is 0 Å². The summed E-state index contributed by atoms with van der Waals surface area (Å²) in [6.45, 7) is 1.78. The molecular weight excluding hydrogens is 219 g/mol. The minimum Gasteiger partial charge on any atom is -0.465 e. The maximum atomic E-state index is 11.7. The molecule has 0 aliphatic heterocycles. The molecule has 0 amide bonds. The highest BCUT2D eigenvalue weighted by atomic mass is 32.2. The number of halogens is 3. The highest BCUT2D eigenvalue weighted by Gasteiger charge is 2.27. The van der Waals surface area contributed by atoms with Crippen LogP contribution >= 0.6 is 11.8 Å². The average molecular weight is 231 g/mol. The number of esters is 1. The number of thioether (sulfide) groups is 1. The number of carbonyl (C=O) groups is 1. The first-order chi connectivity index (χ1) is 6.37. The van der Waals surface area contributed by atoms with Gasteiger partial charge in [-0.2, -0.15) is 24.9 Å². The summed E-state index contributed by atoms with van der Waals surface area (Å²) < 4.78 is 39.6. The van der Waals surface area contributed by atoms with Gasteiger partial charge in [0.1, 0.15) is 6.04 Å². The van der Waals surface area contributed by atoms with Crippen molar-refractivity contribution in [3.8, 4) is 0 Å². The largest absolute Gasteiger partial charge is 0.465 e. The fourth-order valence-electron chi connectivity index (χ4n) is 0.619. The van der Waals surface area contributed by atoms with Crippen LogP contribution in [0.1, 0.15) is 6.92 Å². The second kappa shape index (κ2) is 6.13. The fourth-order valence-corrected chi connectivity index (χ4v) is 1.36. The molecule has 0 aliphatic rings. The molecule has 1 atom stereocenters. The second-order valence-electron chi connectivity index (χ2n) is 2.49. The molecule has 0 saturated carbocycles. The second-order valence-corrected chi connectivity index (χ2v) is 3.52. The van der Waals surface area contributed by atoms with E-state index in [-0.39, 0.29) is 12.4 Å². The number of ether oxygens (including phenoxy) is 1. The van der Waals surface area contributed by atoms with Crippen LogP contribution in [-0.2, 0) is 9.53 Å². The van der Waals surface area contributed by atoms with E-state index in [1.807, 2.05) is 0 Å². The Labute approximate surface area is 84.2 Å². The summed E-state index contributed by atoms with van der Waals surface area (Å²) in [5.41, 5.74) is 5.27. The van der Waals surface area contributed by atoms with Crippen molar-refractivity contribution >= 4 is 17.7 Å². The maximum absolute atomic E-state index is 11.7. The Bertz CT molecular complexity index is 186. The van der Waals surface area contributed by atoms with Gasteiger partial charge in [-0.3, -0.25) is 4.79 Å². The summed E-state index contributed by atoms with van der Waals surface area (Å²) in [6.07, 6.45) is -4.22. The molecule has 0 rings (SSSR count). The first-order valence-electron chi connectivity index (χ1n) is 3.93. The molecule has 0 aromatic carbocycles. The van der Waals surface area contributed by atoms with Crippen molar-refractivity contribution in [2.75, 3.05) is 18.1 Å². The summed E-state index contributed by atoms with van der Waals surface area (Å²) in [4.78, 5) is 10.9. The molecule has 14 heavy (non-hydrogen) atoms. The number of carbonyl (C=O) groups excluding carboxylic acids is 1. The van der Waals surface area contributed by atoms with Crippen molar-refractivity contribution in [2.45, 2.75) is 19.1 Å². The Morgan fingerprint density at radius 2 is 2.14 bits per heavy atom. The van der Waals surface area contributed by atoms with Crippen molar-refractivity contribution in [3.63, 3.8) is 0 Å². The highest BCUT2D eigenvalue weighted by molar-refractivity contribution is 7.99. The van der Waals surface area contributed by atoms with Crippen LogP contribution in [0, 0.1) is 0 Å². The van der Waals surface area contributed by atoms with E-state index in [9.17, 15) is 18.0 Å². The Balaban J connectivity index is 3.63. The van der Waals surface area contributed by atoms with Crippen LogP contribution in [0.4, 0.5) is 13.2 Å². The molecule has 0 heterocycles. The molecule has 0 aromatic rings. The van der Waals surface area contributed by atoms with Gasteiger partial charge in [-0.15, -0.1) is 0 Å². The third-order valence-corrected chi connectivity index (χ3v) is 2.28. The van der Waals surface area contributed by atoms with Crippen LogP contribution in [0.3, 0.4) is 0 Å². The van der Waals surface area contributed by atoms with Gasteiger partial charge in [-0.1, -0.05) is 0 Å². The van der Waals surface area contributed by atoms with E-state index in [2.05, 4.69) is 4.74 Å². The van der Waals surface area contributed by atoms with Crippen molar-refractivity contribution < 1.29 is 22.7 Å². The maximum Gasteiger partial charge on any atom is 0.397 e. The Kier molecular flexibility index (Phi) is 5.94. The lowest BCUT2D eigenvalue weighted by Crippen LogP contribution is -2.35. The molecule has 0 aromatic heterocycles. The van der Waals surface area contributed by atoms with Crippen LogP contribution < -0.4 is 5.73 Å². The Morgan fingerprint density at radius 3 is 2.57 bits per heavy atom. The van der Waals surface area contributed by atoms with E-state index in [4.69, 9.17) is 5.73 Å². The molecule has 7 heteroatoms. The van der Waals surface area contributed by atoms with Gasteiger partial charge in [0.25, 0.3) is 0 Å². The molecule has 3 nitrogen and oxygen atoms in total. The third kappa shape index (κ3) is 7.02. The van der Waals surface area contributed by atoms with Crippen molar-refractivity contribution in [2.24, 2.45) is 5.73 Å². The zero-order chi connectivity index (χ0) is 11.2. The summed E-state index contributed by atoms with van der Waals surface area (Å²) >= 11 is 0.572. The predicted octanol–water partition coefficient (Wildman–Crippen LogP) is 1.17. The Hall–Kier alpha value is -0.430. The molecule has 84 valence electrons. The molecule has 0 spiro atoms. The topological polar surface area (TPSA) is 52.3 Å². The monoisotopic (exact) mass is 231 g/mol. The summed E-state index contributed by atoms with van der Waals surface area (Å²) in [6, 6.07) is -0.984. The van der Waals surface area contributed by atoms with Crippen LogP contribution in [0.5, 0.6) is 0 Å². The summed E-state index contributed by atoms with van der Waals surface area (Å²) in [5, 5.41) is 0. The molecule has 0 saturated heterocycles. The number of alkyl halides is 3. The molecular formula is C7H12F3NO2S. The molecule has 2 N–H and O–H groups in total. The number of rotatable bonds is 5. The van der Waals surface area contributed by atoms with Crippen LogP contribution in [-0.4, -0.2) is 36.3 Å². The van der Waals surface area contributed by atoms with E-state index in [0.29, 0.717) is 11.8 Å². The Morgan fingerprint density at radius 1 is 1.57 bits per heavy atom. The average Bonchev–Trinajstić information content (AvgIpc) is 2.02. The normalized spacial score (nSPS) is 13.8. The molecule has 0 radical (unpaired) electrons. The van der Waals surface area contributed by atoms with E-state index in [1.165, 1.54) is 0 Å². The van der Waals surface area contributed by atoms with Gasteiger partial charge in [0.2, 0.25) is 0 Å². The lowest BCUT2D eigenvalue weighted by molar-refractivity contribution is -0.144. The summed E-state index contributed by atoms with van der Waals surface area (Å²) in [7, 11) is 0. The van der Waals surface area contributed by atoms with Crippen LogP contribution in [0.2, 0.25) is 0 Å². The van der Waals surface area contributed by atoms with E-state index in [1.54, 1.807) is 6.92 Å². The van der Waals surface area contributed by atoms with Crippen LogP contribution in [0.15, 0.2) is 0 Å². The van der Waals surface area contributed by atoms with Crippen molar-refractivity contribution in [3.05, 3.63) is 0 Å². The van der Waals surface area contributed by atoms with Gasteiger partial charge in [-0.25, -0.2) is 0 Å².